The van der Waals surface area contributed by atoms with Crippen LogP contribution in [0.2, 0.25) is 0 Å². The molecule has 1 saturated heterocycles. The number of rotatable bonds is 5. The lowest BCUT2D eigenvalue weighted by molar-refractivity contribution is -0.165. The van der Waals surface area contributed by atoms with Crippen molar-refractivity contribution in [3.05, 3.63) is 29.8 Å². The summed E-state index contributed by atoms with van der Waals surface area (Å²) in [6.45, 7) is -2.79. The molecule has 1 fully saturated rings. The number of carbonyl (C=O) groups is 2. The summed E-state index contributed by atoms with van der Waals surface area (Å²) < 4.78 is 29.1. The first-order chi connectivity index (χ1) is 10.8. The molecule has 0 unspecified atom stereocenters. The molecule has 0 atom stereocenters. The smallest absolute Gasteiger partial charge is 0.387 e. The van der Waals surface area contributed by atoms with Crippen LogP contribution in [0.1, 0.15) is 18.4 Å². The summed E-state index contributed by atoms with van der Waals surface area (Å²) in [5.41, 5.74) is -1.48. The molecule has 0 bridgehead atoms. The van der Waals surface area contributed by atoms with Gasteiger partial charge in [0.25, 0.3) is 0 Å². The lowest BCUT2D eigenvalue weighted by Crippen LogP contribution is -2.51. The number of piperidine rings is 1. The number of carboxylic acid groups (broad SMARTS) is 1. The Hall–Kier alpha value is -2.22. The van der Waals surface area contributed by atoms with Gasteiger partial charge < -0.3 is 19.8 Å². The van der Waals surface area contributed by atoms with E-state index in [0.29, 0.717) is 5.56 Å². The fourth-order valence-corrected chi connectivity index (χ4v) is 2.48. The molecule has 2 N–H and O–H groups in total. The van der Waals surface area contributed by atoms with E-state index in [4.69, 9.17) is 5.11 Å². The van der Waals surface area contributed by atoms with Crippen molar-refractivity contribution in [2.75, 3.05) is 13.1 Å². The molecule has 1 heterocycles. The molecule has 0 aliphatic carbocycles. The van der Waals surface area contributed by atoms with Gasteiger partial charge in [-0.25, -0.2) is 4.79 Å². The number of amides is 1. The third kappa shape index (κ3) is 4.16. The summed E-state index contributed by atoms with van der Waals surface area (Å²) in [6.07, 6.45) is -0.263. The zero-order chi connectivity index (χ0) is 17.0. The van der Waals surface area contributed by atoms with Crippen LogP contribution in [0.5, 0.6) is 5.75 Å². The Morgan fingerprint density at radius 2 is 1.87 bits per heavy atom. The molecule has 126 valence electrons. The van der Waals surface area contributed by atoms with E-state index in [1.54, 1.807) is 6.07 Å². The molecule has 1 aliphatic rings. The molecule has 0 saturated carbocycles. The van der Waals surface area contributed by atoms with E-state index in [9.17, 15) is 23.5 Å². The number of alkyl halides is 2. The Balaban J connectivity index is 2.00. The van der Waals surface area contributed by atoms with E-state index >= 15 is 0 Å². The van der Waals surface area contributed by atoms with Crippen LogP contribution in [0.4, 0.5) is 8.78 Å². The fourth-order valence-electron chi connectivity index (χ4n) is 2.48. The maximum absolute atomic E-state index is 12.4. The van der Waals surface area contributed by atoms with Crippen LogP contribution in [0.15, 0.2) is 24.3 Å². The van der Waals surface area contributed by atoms with Crippen molar-refractivity contribution >= 4 is 11.9 Å². The summed E-state index contributed by atoms with van der Waals surface area (Å²) in [4.78, 5) is 24.6. The maximum atomic E-state index is 12.4. The van der Waals surface area contributed by atoms with Gasteiger partial charge in [-0.2, -0.15) is 8.78 Å². The van der Waals surface area contributed by atoms with Crippen molar-refractivity contribution in [3.63, 3.8) is 0 Å². The highest BCUT2D eigenvalue weighted by Gasteiger charge is 2.40. The topological polar surface area (TPSA) is 87.1 Å². The molecule has 1 amide bonds. The molecule has 0 radical (unpaired) electrons. The van der Waals surface area contributed by atoms with Crippen LogP contribution in [0.3, 0.4) is 0 Å². The van der Waals surface area contributed by atoms with E-state index in [-0.39, 0.29) is 44.0 Å². The molecule has 0 aromatic heterocycles. The molecule has 1 aromatic rings. The molecular weight excluding hydrogens is 312 g/mol. The number of carboxylic acids is 1. The van der Waals surface area contributed by atoms with E-state index in [1.807, 2.05) is 0 Å². The predicted molar refractivity (Wildman–Crippen MR) is 75.2 cm³/mol. The average molecular weight is 329 g/mol. The number of ether oxygens (including phenoxy) is 1. The zero-order valence-corrected chi connectivity index (χ0v) is 12.2. The van der Waals surface area contributed by atoms with Crippen molar-refractivity contribution in [3.8, 4) is 5.75 Å². The number of likely N-dealkylation sites (tertiary alicyclic amines) is 1. The van der Waals surface area contributed by atoms with E-state index in [0.717, 1.165) is 0 Å². The van der Waals surface area contributed by atoms with Gasteiger partial charge in [-0.05, 0) is 6.07 Å². The SMILES string of the molecule is O=C(Cc1ccccc1OC(F)F)N1CCC(O)(C(=O)O)CC1. The second-order valence-corrected chi connectivity index (χ2v) is 5.38. The summed E-state index contributed by atoms with van der Waals surface area (Å²) in [5, 5.41) is 18.8. The summed E-state index contributed by atoms with van der Waals surface area (Å²) >= 11 is 0. The highest BCUT2D eigenvalue weighted by molar-refractivity contribution is 5.81. The van der Waals surface area contributed by atoms with Gasteiger partial charge in [-0.15, -0.1) is 0 Å². The van der Waals surface area contributed by atoms with Crippen LogP contribution < -0.4 is 4.74 Å². The van der Waals surface area contributed by atoms with Gasteiger partial charge in [0.2, 0.25) is 5.91 Å². The van der Waals surface area contributed by atoms with Crippen molar-refractivity contribution in [1.82, 2.24) is 4.90 Å². The average Bonchev–Trinajstić information content (AvgIpc) is 2.49. The van der Waals surface area contributed by atoms with Gasteiger partial charge in [-0.1, -0.05) is 18.2 Å². The molecule has 0 spiro atoms. The number of nitrogens with zero attached hydrogens (tertiary/aromatic N) is 1. The Bertz CT molecular complexity index is 585. The Morgan fingerprint density at radius 1 is 1.26 bits per heavy atom. The minimum absolute atomic E-state index is 0.0603. The quantitative estimate of drug-likeness (QED) is 0.849. The van der Waals surface area contributed by atoms with Crippen molar-refractivity contribution in [2.24, 2.45) is 0 Å². The van der Waals surface area contributed by atoms with Crippen LogP contribution in [-0.2, 0) is 16.0 Å². The molecule has 2 rings (SSSR count). The number of benzene rings is 1. The summed E-state index contributed by atoms with van der Waals surface area (Å²) in [6, 6.07) is 6.02. The maximum Gasteiger partial charge on any atom is 0.387 e. The largest absolute Gasteiger partial charge is 0.479 e. The van der Waals surface area contributed by atoms with Crippen molar-refractivity contribution in [1.29, 1.82) is 0 Å². The lowest BCUT2D eigenvalue weighted by Gasteiger charge is -2.35. The normalized spacial score (nSPS) is 17.1. The van der Waals surface area contributed by atoms with Gasteiger partial charge in [-0.3, -0.25) is 4.79 Å². The third-order valence-corrected chi connectivity index (χ3v) is 3.87. The molecule has 1 aromatic carbocycles. The molecular formula is C15H17F2NO5. The number of aliphatic carboxylic acids is 1. The van der Waals surface area contributed by atoms with Crippen LogP contribution in [0, 0.1) is 0 Å². The van der Waals surface area contributed by atoms with Gasteiger partial charge in [0.15, 0.2) is 5.60 Å². The fraction of sp³-hybridized carbons (Fsp3) is 0.467. The van der Waals surface area contributed by atoms with E-state index in [1.165, 1.54) is 23.1 Å². The monoisotopic (exact) mass is 329 g/mol. The Morgan fingerprint density at radius 3 is 2.43 bits per heavy atom. The number of hydrogen-bond donors (Lipinski definition) is 2. The molecule has 8 heteroatoms. The molecule has 1 aliphatic heterocycles. The van der Waals surface area contributed by atoms with Crippen LogP contribution in [0.25, 0.3) is 0 Å². The zero-order valence-electron chi connectivity index (χ0n) is 12.2. The first-order valence-electron chi connectivity index (χ1n) is 7.08. The van der Waals surface area contributed by atoms with Crippen molar-refractivity contribution < 1.29 is 33.3 Å². The second kappa shape index (κ2) is 6.91. The first-order valence-corrected chi connectivity index (χ1v) is 7.08. The molecule has 6 nitrogen and oxygen atoms in total. The number of aliphatic hydroxyl groups is 1. The van der Waals surface area contributed by atoms with E-state index in [2.05, 4.69) is 4.74 Å². The molecule has 23 heavy (non-hydrogen) atoms. The number of para-hydroxylation sites is 1. The minimum Gasteiger partial charge on any atom is -0.479 e. The predicted octanol–water partition coefficient (Wildman–Crippen LogP) is 1.27. The van der Waals surface area contributed by atoms with E-state index < -0.39 is 18.2 Å². The van der Waals surface area contributed by atoms with Crippen LogP contribution >= 0.6 is 0 Å². The summed E-state index contributed by atoms with van der Waals surface area (Å²) in [7, 11) is 0. The second-order valence-electron chi connectivity index (χ2n) is 5.38. The third-order valence-electron chi connectivity index (χ3n) is 3.87. The highest BCUT2D eigenvalue weighted by atomic mass is 19.3. The van der Waals surface area contributed by atoms with Crippen molar-refractivity contribution in [2.45, 2.75) is 31.5 Å². The van der Waals surface area contributed by atoms with Gasteiger partial charge in [0.1, 0.15) is 5.75 Å². The number of hydrogen-bond acceptors (Lipinski definition) is 4. The van der Waals surface area contributed by atoms with Gasteiger partial charge in [0.05, 0.1) is 6.42 Å². The number of halogens is 2. The highest BCUT2D eigenvalue weighted by Crippen LogP contribution is 2.25. The minimum atomic E-state index is -2.98. The number of carbonyl (C=O) groups excluding carboxylic acids is 1. The van der Waals surface area contributed by atoms with Gasteiger partial charge in [0, 0.05) is 31.5 Å². The van der Waals surface area contributed by atoms with Gasteiger partial charge >= 0.3 is 12.6 Å². The van der Waals surface area contributed by atoms with Crippen LogP contribution in [-0.4, -0.2) is 52.3 Å². The standard InChI is InChI=1S/C15H17F2NO5/c16-14(17)23-11-4-2-1-3-10(11)9-12(19)18-7-5-15(22,6-8-18)13(20)21/h1-4,14,22H,5-9H2,(H,20,21). The Labute approximate surface area is 131 Å². The lowest BCUT2D eigenvalue weighted by atomic mass is 9.91. The first kappa shape index (κ1) is 17.1. The summed E-state index contributed by atoms with van der Waals surface area (Å²) in [5.74, 6) is -1.70. The Kier molecular flexibility index (Phi) is 5.15.